The quantitative estimate of drug-likeness (QED) is 0.391. The molecule has 5 heteroatoms. The van der Waals surface area contributed by atoms with Gasteiger partial charge < -0.3 is 4.42 Å². The SMILES string of the molecule is Cc1ccc(CSc2nnc(-c3cc4c(s3)-c3ccccc3CC4)o2)cc1. The van der Waals surface area contributed by atoms with Crippen LogP contribution in [0, 0.1) is 6.92 Å². The fourth-order valence-electron chi connectivity index (χ4n) is 3.37. The standard InChI is InChI=1S/C22H18N2OS2/c1-14-6-8-15(9-7-14)13-26-22-24-23-21(25-22)19-12-17-11-10-16-4-2-3-5-18(16)20(17)27-19/h2-9,12H,10-11,13H2,1H3. The van der Waals surface area contributed by atoms with Gasteiger partial charge in [0.25, 0.3) is 11.1 Å². The zero-order valence-electron chi connectivity index (χ0n) is 14.9. The van der Waals surface area contributed by atoms with Crippen molar-refractivity contribution in [1.29, 1.82) is 0 Å². The highest BCUT2D eigenvalue weighted by molar-refractivity contribution is 7.98. The van der Waals surface area contributed by atoms with Crippen LogP contribution in [0.5, 0.6) is 0 Å². The van der Waals surface area contributed by atoms with Gasteiger partial charge >= 0.3 is 0 Å². The zero-order chi connectivity index (χ0) is 18.2. The van der Waals surface area contributed by atoms with Gasteiger partial charge in [-0.05, 0) is 48.1 Å². The Bertz CT molecular complexity index is 1100. The average Bonchev–Trinajstić information content (AvgIpc) is 3.34. The van der Waals surface area contributed by atoms with Crippen molar-refractivity contribution < 1.29 is 4.42 Å². The third-order valence-corrected chi connectivity index (χ3v) is 6.92. The molecule has 27 heavy (non-hydrogen) atoms. The lowest BCUT2D eigenvalue weighted by atomic mass is 9.91. The number of hydrogen-bond donors (Lipinski definition) is 0. The first-order valence-electron chi connectivity index (χ1n) is 8.99. The van der Waals surface area contributed by atoms with E-state index in [0.29, 0.717) is 11.1 Å². The summed E-state index contributed by atoms with van der Waals surface area (Å²) in [6.07, 6.45) is 2.17. The van der Waals surface area contributed by atoms with Crippen molar-refractivity contribution in [2.45, 2.75) is 30.7 Å². The monoisotopic (exact) mass is 390 g/mol. The summed E-state index contributed by atoms with van der Waals surface area (Å²) in [5.41, 5.74) is 6.70. The van der Waals surface area contributed by atoms with Crippen LogP contribution in [0.15, 0.2) is 64.2 Å². The van der Waals surface area contributed by atoms with E-state index in [1.54, 1.807) is 23.1 Å². The first-order chi connectivity index (χ1) is 13.3. The van der Waals surface area contributed by atoms with Crippen molar-refractivity contribution in [1.82, 2.24) is 10.2 Å². The Morgan fingerprint density at radius 1 is 1.00 bits per heavy atom. The van der Waals surface area contributed by atoms with Gasteiger partial charge in [0.1, 0.15) is 0 Å². The minimum atomic E-state index is 0.623. The molecule has 0 atom stereocenters. The van der Waals surface area contributed by atoms with Crippen molar-refractivity contribution in [3.8, 4) is 21.2 Å². The summed E-state index contributed by atoms with van der Waals surface area (Å²) in [4.78, 5) is 2.41. The third-order valence-electron chi connectivity index (χ3n) is 4.83. The molecular weight excluding hydrogens is 372 g/mol. The normalized spacial score (nSPS) is 12.6. The minimum absolute atomic E-state index is 0.623. The van der Waals surface area contributed by atoms with E-state index < -0.39 is 0 Å². The van der Waals surface area contributed by atoms with Crippen molar-refractivity contribution in [2.24, 2.45) is 0 Å². The molecule has 4 aromatic rings. The van der Waals surface area contributed by atoms with Crippen molar-refractivity contribution >= 4 is 23.1 Å². The lowest BCUT2D eigenvalue weighted by Crippen LogP contribution is -2.00. The molecule has 0 spiro atoms. The largest absolute Gasteiger partial charge is 0.410 e. The van der Waals surface area contributed by atoms with Gasteiger partial charge in [-0.3, -0.25) is 0 Å². The molecule has 1 aliphatic carbocycles. The van der Waals surface area contributed by atoms with Crippen LogP contribution in [-0.2, 0) is 18.6 Å². The highest BCUT2D eigenvalue weighted by Gasteiger charge is 2.21. The smallest absolute Gasteiger partial charge is 0.277 e. The lowest BCUT2D eigenvalue weighted by Gasteiger charge is -2.15. The molecule has 0 unspecified atom stereocenters. The van der Waals surface area contributed by atoms with Crippen LogP contribution in [0.1, 0.15) is 22.3 Å². The van der Waals surface area contributed by atoms with Gasteiger partial charge in [-0.25, -0.2) is 0 Å². The van der Waals surface area contributed by atoms with Gasteiger partial charge in [0.2, 0.25) is 0 Å². The number of thioether (sulfide) groups is 1. The maximum atomic E-state index is 5.93. The summed E-state index contributed by atoms with van der Waals surface area (Å²) in [5, 5.41) is 9.14. The summed E-state index contributed by atoms with van der Waals surface area (Å²) < 4.78 is 5.93. The molecule has 1 aliphatic rings. The zero-order valence-corrected chi connectivity index (χ0v) is 16.6. The molecule has 0 amide bonds. The second-order valence-electron chi connectivity index (χ2n) is 6.77. The molecule has 2 aromatic carbocycles. The first-order valence-corrected chi connectivity index (χ1v) is 10.8. The molecule has 0 bridgehead atoms. The number of nitrogens with zero attached hydrogens (tertiary/aromatic N) is 2. The molecule has 0 radical (unpaired) electrons. The number of benzene rings is 2. The molecule has 0 fully saturated rings. The Kier molecular flexibility index (Phi) is 4.34. The van der Waals surface area contributed by atoms with Crippen LogP contribution in [0.25, 0.3) is 21.2 Å². The molecule has 5 rings (SSSR count). The van der Waals surface area contributed by atoms with Gasteiger partial charge in [-0.15, -0.1) is 21.5 Å². The molecular formula is C22H18N2OS2. The van der Waals surface area contributed by atoms with Gasteiger partial charge in [0, 0.05) is 10.6 Å². The summed E-state index contributed by atoms with van der Waals surface area (Å²) in [6, 6.07) is 19.4. The Morgan fingerprint density at radius 2 is 1.81 bits per heavy atom. The fraction of sp³-hybridized carbons (Fsp3) is 0.182. The van der Waals surface area contributed by atoms with Crippen LogP contribution in [-0.4, -0.2) is 10.2 Å². The first kappa shape index (κ1) is 16.8. The molecule has 2 aromatic heterocycles. The van der Waals surface area contributed by atoms with Gasteiger partial charge in [0.05, 0.1) is 4.88 Å². The van der Waals surface area contributed by atoms with E-state index >= 15 is 0 Å². The van der Waals surface area contributed by atoms with Gasteiger partial charge in [0.15, 0.2) is 0 Å². The van der Waals surface area contributed by atoms with Crippen molar-refractivity contribution in [2.75, 3.05) is 0 Å². The molecule has 134 valence electrons. The Balaban J connectivity index is 1.36. The molecule has 0 saturated heterocycles. The summed E-state index contributed by atoms with van der Waals surface area (Å²) in [7, 11) is 0. The number of thiophene rings is 1. The number of rotatable bonds is 4. The van der Waals surface area contributed by atoms with E-state index in [1.807, 2.05) is 0 Å². The topological polar surface area (TPSA) is 38.9 Å². The van der Waals surface area contributed by atoms with Gasteiger partial charge in [-0.1, -0.05) is 65.9 Å². The van der Waals surface area contributed by atoms with Crippen LogP contribution in [0.2, 0.25) is 0 Å². The summed E-state index contributed by atoms with van der Waals surface area (Å²) in [6.45, 7) is 2.10. The predicted octanol–water partition coefficient (Wildman–Crippen LogP) is 6.16. The number of hydrogen-bond acceptors (Lipinski definition) is 5. The van der Waals surface area contributed by atoms with E-state index in [2.05, 4.69) is 71.7 Å². The Labute approximate surface area is 166 Å². The molecule has 0 N–H and O–H groups in total. The molecule has 0 aliphatic heterocycles. The van der Waals surface area contributed by atoms with Crippen LogP contribution >= 0.6 is 23.1 Å². The van der Waals surface area contributed by atoms with E-state index in [9.17, 15) is 0 Å². The van der Waals surface area contributed by atoms with Crippen LogP contribution in [0.4, 0.5) is 0 Å². The van der Waals surface area contributed by atoms with Crippen molar-refractivity contribution in [3.63, 3.8) is 0 Å². The maximum Gasteiger partial charge on any atom is 0.277 e. The number of aromatic nitrogens is 2. The lowest BCUT2D eigenvalue weighted by molar-refractivity contribution is 0.466. The van der Waals surface area contributed by atoms with E-state index in [4.69, 9.17) is 4.42 Å². The second kappa shape index (κ2) is 6.98. The Hall–Kier alpha value is -2.37. The predicted molar refractivity (Wildman–Crippen MR) is 111 cm³/mol. The summed E-state index contributed by atoms with van der Waals surface area (Å²) in [5.74, 6) is 1.45. The third kappa shape index (κ3) is 3.33. The highest BCUT2D eigenvalue weighted by Crippen LogP contribution is 2.43. The van der Waals surface area contributed by atoms with E-state index in [0.717, 1.165) is 23.5 Å². The Morgan fingerprint density at radius 3 is 2.70 bits per heavy atom. The number of fused-ring (bicyclic) bond motifs is 3. The molecule has 2 heterocycles. The van der Waals surface area contributed by atoms with E-state index in [1.165, 1.54) is 32.7 Å². The van der Waals surface area contributed by atoms with Gasteiger partial charge in [-0.2, -0.15) is 0 Å². The fourth-order valence-corrected chi connectivity index (χ4v) is 5.29. The second-order valence-corrected chi connectivity index (χ2v) is 8.75. The van der Waals surface area contributed by atoms with Crippen LogP contribution in [0.3, 0.4) is 0 Å². The molecule has 0 saturated carbocycles. The maximum absolute atomic E-state index is 5.93. The van der Waals surface area contributed by atoms with Crippen molar-refractivity contribution in [3.05, 3.63) is 76.9 Å². The number of aryl methyl sites for hydroxylation is 3. The average molecular weight is 391 g/mol. The van der Waals surface area contributed by atoms with E-state index in [-0.39, 0.29) is 0 Å². The van der Waals surface area contributed by atoms with Crippen LogP contribution < -0.4 is 0 Å². The minimum Gasteiger partial charge on any atom is -0.410 e. The summed E-state index contributed by atoms with van der Waals surface area (Å²) >= 11 is 3.34. The molecule has 3 nitrogen and oxygen atoms in total. The highest BCUT2D eigenvalue weighted by atomic mass is 32.2.